The molecule has 0 aromatic rings. The van der Waals surface area contributed by atoms with Gasteiger partial charge in [0.05, 0.1) is 0 Å². The van der Waals surface area contributed by atoms with Gasteiger partial charge in [0.15, 0.2) is 6.17 Å². The molecule has 0 heterocycles. The Balaban J connectivity index is 4.08. The summed E-state index contributed by atoms with van der Waals surface area (Å²) in [4.78, 5) is 19.8. The van der Waals surface area contributed by atoms with Gasteiger partial charge in [-0.25, -0.2) is 13.6 Å². The molecule has 0 saturated heterocycles. The largest absolute Gasteiger partial charge is 0.479 e. The van der Waals surface area contributed by atoms with Crippen LogP contribution < -0.4 is 0 Å². The maximum Gasteiger partial charge on any atom is 0.346 e. The van der Waals surface area contributed by atoms with Crippen molar-refractivity contribution in [3.63, 3.8) is 0 Å². The van der Waals surface area contributed by atoms with Crippen molar-refractivity contribution in [3.05, 3.63) is 0 Å². The molecule has 2 atom stereocenters. The molecule has 0 aromatic heterocycles. The molecule has 1 N–H and O–H groups in total. The molecule has 0 saturated carbocycles. The average molecular weight is 152 g/mol. The molecule has 10 heavy (non-hydrogen) atoms. The highest BCUT2D eigenvalue weighted by atomic mass is 19.1. The van der Waals surface area contributed by atoms with Crippen LogP contribution >= 0.6 is 0 Å². The highest BCUT2D eigenvalue weighted by molar-refractivity contribution is 6.03. The van der Waals surface area contributed by atoms with Crippen LogP contribution in [0.3, 0.4) is 0 Å². The first-order valence-corrected chi connectivity index (χ1v) is 2.51. The van der Waals surface area contributed by atoms with Gasteiger partial charge in [-0.2, -0.15) is 0 Å². The van der Waals surface area contributed by atoms with Crippen molar-refractivity contribution in [1.29, 1.82) is 0 Å². The summed E-state index contributed by atoms with van der Waals surface area (Å²) in [7, 11) is 0. The third kappa shape index (κ3) is 2.08. The van der Waals surface area contributed by atoms with Gasteiger partial charge in [-0.3, -0.25) is 4.79 Å². The molecule has 0 aliphatic carbocycles. The fraction of sp³-hybridized carbons (Fsp3) is 0.600. The van der Waals surface area contributed by atoms with Gasteiger partial charge >= 0.3 is 5.97 Å². The third-order valence-electron chi connectivity index (χ3n) is 0.859. The molecule has 0 spiro atoms. The molecule has 0 radical (unpaired) electrons. The molecule has 0 aromatic carbocycles. The van der Waals surface area contributed by atoms with Gasteiger partial charge in [0.25, 0.3) is 6.17 Å². The van der Waals surface area contributed by atoms with Crippen LogP contribution in [0, 0.1) is 0 Å². The van der Waals surface area contributed by atoms with Gasteiger partial charge in [-0.1, -0.05) is 0 Å². The van der Waals surface area contributed by atoms with Crippen molar-refractivity contribution >= 4 is 11.8 Å². The first-order chi connectivity index (χ1) is 4.46. The fourth-order valence-corrected chi connectivity index (χ4v) is 0.323. The number of rotatable bonds is 3. The minimum absolute atomic E-state index is 0.790. The molecule has 0 aliphatic rings. The second-order valence-corrected chi connectivity index (χ2v) is 1.72. The van der Waals surface area contributed by atoms with Crippen molar-refractivity contribution in [3.8, 4) is 0 Å². The van der Waals surface area contributed by atoms with E-state index in [-0.39, 0.29) is 0 Å². The standard InChI is InChI=1S/C5H6F2O3/c1-2(6)4(8)3(7)5(9)10/h2-3H,1H3,(H,9,10). The molecule has 5 heteroatoms. The molecule has 0 bridgehead atoms. The molecule has 0 amide bonds. The molecule has 3 nitrogen and oxygen atoms in total. The van der Waals surface area contributed by atoms with Crippen molar-refractivity contribution in [2.45, 2.75) is 19.3 Å². The number of carboxylic acids is 1. The summed E-state index contributed by atoms with van der Waals surface area (Å²) in [5.41, 5.74) is 0. The summed E-state index contributed by atoms with van der Waals surface area (Å²) in [6.45, 7) is 0.790. The summed E-state index contributed by atoms with van der Waals surface area (Å²) in [6, 6.07) is 0. The van der Waals surface area contributed by atoms with E-state index in [0.717, 1.165) is 6.92 Å². The molecule has 58 valence electrons. The number of Topliss-reactive ketones (excluding diaryl/α,β-unsaturated/α-hetero) is 1. The normalized spacial score (nSPS) is 15.9. The Hall–Kier alpha value is -1.00. The summed E-state index contributed by atoms with van der Waals surface area (Å²) >= 11 is 0. The predicted molar refractivity (Wildman–Crippen MR) is 28.1 cm³/mol. The van der Waals surface area contributed by atoms with Gasteiger partial charge in [-0.15, -0.1) is 0 Å². The summed E-state index contributed by atoms with van der Waals surface area (Å²) < 4.78 is 23.8. The zero-order valence-corrected chi connectivity index (χ0v) is 5.17. The second kappa shape index (κ2) is 3.24. The first-order valence-electron chi connectivity index (χ1n) is 2.51. The fourth-order valence-electron chi connectivity index (χ4n) is 0.323. The van der Waals surface area contributed by atoms with Gasteiger partial charge in [0.2, 0.25) is 5.78 Å². The van der Waals surface area contributed by atoms with Crippen LogP contribution in [-0.2, 0) is 9.59 Å². The Morgan fingerprint density at radius 3 is 1.90 bits per heavy atom. The molecule has 2 unspecified atom stereocenters. The van der Waals surface area contributed by atoms with Crippen LogP contribution in [0.4, 0.5) is 8.78 Å². The number of alkyl halides is 2. The van der Waals surface area contributed by atoms with Crippen molar-refractivity contribution in [1.82, 2.24) is 0 Å². The lowest BCUT2D eigenvalue weighted by atomic mass is 10.2. The number of hydrogen-bond donors (Lipinski definition) is 1. The smallest absolute Gasteiger partial charge is 0.346 e. The zero-order valence-electron chi connectivity index (χ0n) is 5.17. The van der Waals surface area contributed by atoms with Crippen molar-refractivity contribution < 1.29 is 23.5 Å². The van der Waals surface area contributed by atoms with Crippen molar-refractivity contribution in [2.24, 2.45) is 0 Å². The lowest BCUT2D eigenvalue weighted by Gasteiger charge is -2.00. The van der Waals surface area contributed by atoms with Crippen molar-refractivity contribution in [2.75, 3.05) is 0 Å². The second-order valence-electron chi connectivity index (χ2n) is 1.72. The van der Waals surface area contributed by atoms with Crippen LogP contribution in [0.1, 0.15) is 6.92 Å². The van der Waals surface area contributed by atoms with E-state index >= 15 is 0 Å². The van der Waals surface area contributed by atoms with E-state index in [1.165, 1.54) is 0 Å². The first kappa shape index (κ1) is 9.00. The molecule has 0 fully saturated rings. The topological polar surface area (TPSA) is 54.4 Å². The average Bonchev–Trinajstić information content (AvgIpc) is 1.84. The minimum Gasteiger partial charge on any atom is -0.479 e. The Morgan fingerprint density at radius 1 is 1.40 bits per heavy atom. The zero-order chi connectivity index (χ0) is 8.31. The third-order valence-corrected chi connectivity index (χ3v) is 0.859. The van der Waals surface area contributed by atoms with Crippen LogP contribution in [0.2, 0.25) is 0 Å². The Labute approximate surface area is 55.6 Å². The van der Waals surface area contributed by atoms with E-state index in [1.54, 1.807) is 0 Å². The molecular weight excluding hydrogens is 146 g/mol. The minimum atomic E-state index is -2.74. The van der Waals surface area contributed by atoms with E-state index in [4.69, 9.17) is 5.11 Å². The monoisotopic (exact) mass is 152 g/mol. The molecule has 0 aliphatic heterocycles. The van der Waals surface area contributed by atoms with Crippen LogP contribution in [0.15, 0.2) is 0 Å². The number of carbonyl (C=O) groups is 2. The lowest BCUT2D eigenvalue weighted by Crippen LogP contribution is -2.30. The number of carbonyl (C=O) groups excluding carboxylic acids is 1. The number of carboxylic acid groups (broad SMARTS) is 1. The Kier molecular flexibility index (Phi) is 2.92. The van der Waals surface area contributed by atoms with E-state index in [9.17, 15) is 18.4 Å². The summed E-state index contributed by atoms with van der Waals surface area (Å²) in [6.07, 6.45) is -4.80. The number of halogens is 2. The van der Waals surface area contributed by atoms with Crippen LogP contribution in [0.25, 0.3) is 0 Å². The van der Waals surface area contributed by atoms with Gasteiger partial charge in [0.1, 0.15) is 0 Å². The SMILES string of the molecule is CC(F)C(=O)C(F)C(=O)O. The number of hydrogen-bond acceptors (Lipinski definition) is 2. The van der Waals surface area contributed by atoms with Crippen LogP contribution in [-0.4, -0.2) is 29.2 Å². The Morgan fingerprint density at radius 2 is 1.80 bits per heavy atom. The van der Waals surface area contributed by atoms with E-state index in [0.29, 0.717) is 0 Å². The quantitative estimate of drug-likeness (QED) is 0.593. The highest BCUT2D eigenvalue weighted by Crippen LogP contribution is 2.00. The predicted octanol–water partition coefficient (Wildman–Crippen LogP) is 0.336. The summed E-state index contributed by atoms with van der Waals surface area (Å²) in [5.74, 6) is -3.50. The van der Waals surface area contributed by atoms with Gasteiger partial charge in [-0.05, 0) is 6.92 Å². The Bertz CT molecular complexity index is 155. The lowest BCUT2D eigenvalue weighted by molar-refractivity contribution is -0.149. The van der Waals surface area contributed by atoms with Gasteiger partial charge in [0, 0.05) is 0 Å². The molecule has 0 rings (SSSR count). The highest BCUT2D eigenvalue weighted by Gasteiger charge is 2.29. The van der Waals surface area contributed by atoms with E-state index in [2.05, 4.69) is 0 Å². The number of aliphatic carboxylic acids is 1. The maximum atomic E-state index is 12.0. The number of ketones is 1. The maximum absolute atomic E-state index is 12.0. The van der Waals surface area contributed by atoms with Gasteiger partial charge < -0.3 is 5.11 Å². The molecular formula is C5H6F2O3. The van der Waals surface area contributed by atoms with E-state index < -0.39 is 24.1 Å². The van der Waals surface area contributed by atoms with E-state index in [1.807, 2.05) is 0 Å². The van der Waals surface area contributed by atoms with Crippen LogP contribution in [0.5, 0.6) is 0 Å². The summed E-state index contributed by atoms with van der Waals surface area (Å²) in [5, 5.41) is 7.84.